The third-order valence-electron chi connectivity index (χ3n) is 2.40. The zero-order valence-corrected chi connectivity index (χ0v) is 12.0. The van der Waals surface area contributed by atoms with Crippen molar-refractivity contribution in [2.45, 2.75) is 39.5 Å². The molecule has 0 aliphatic heterocycles. The number of rotatable bonds is 5. The van der Waals surface area contributed by atoms with Crippen LogP contribution in [-0.2, 0) is 6.54 Å². The van der Waals surface area contributed by atoms with Crippen molar-refractivity contribution in [3.05, 3.63) is 32.7 Å². The molecule has 0 fully saturated rings. The highest BCUT2D eigenvalue weighted by Gasteiger charge is 2.08. The Labute approximate surface area is 110 Å². The lowest BCUT2D eigenvalue weighted by Crippen LogP contribution is -2.36. The van der Waals surface area contributed by atoms with Crippen LogP contribution in [0.3, 0.4) is 0 Å². The van der Waals surface area contributed by atoms with E-state index in [-0.39, 0.29) is 5.56 Å². The number of hydrogen-bond acceptors (Lipinski definition) is 3. The number of aliphatic hydroxyl groups is 1. The van der Waals surface area contributed by atoms with Crippen LogP contribution < -0.4 is 10.9 Å². The summed E-state index contributed by atoms with van der Waals surface area (Å²) in [6.07, 6.45) is 1.14. The van der Waals surface area contributed by atoms with Crippen LogP contribution in [0.4, 0.5) is 0 Å². The second kappa shape index (κ2) is 6.33. The topological polar surface area (TPSA) is 54.3 Å². The zero-order chi connectivity index (χ0) is 13.0. The fourth-order valence-electron chi connectivity index (χ4n) is 1.54. The third kappa shape index (κ3) is 4.61. The molecule has 0 amide bonds. The molecule has 0 spiro atoms. The van der Waals surface area contributed by atoms with Crippen molar-refractivity contribution in [3.8, 4) is 0 Å². The van der Waals surface area contributed by atoms with E-state index >= 15 is 0 Å². The molecular weight excluding hydrogens is 284 g/mol. The van der Waals surface area contributed by atoms with Crippen molar-refractivity contribution < 1.29 is 5.11 Å². The van der Waals surface area contributed by atoms with Crippen molar-refractivity contribution in [1.29, 1.82) is 0 Å². The Bertz CT molecular complexity index is 429. The minimum Gasteiger partial charge on any atom is -0.390 e. The fourth-order valence-corrected chi connectivity index (χ4v) is 2.13. The first-order valence-corrected chi connectivity index (χ1v) is 6.47. The summed E-state index contributed by atoms with van der Waals surface area (Å²) in [5.41, 5.74) is 0.611. The second-order valence-electron chi connectivity index (χ2n) is 4.52. The maximum atomic E-state index is 11.8. The molecule has 1 rings (SSSR count). The fraction of sp³-hybridized carbons (Fsp3) is 0.583. The van der Waals surface area contributed by atoms with Crippen LogP contribution in [0.2, 0.25) is 0 Å². The Kier molecular flexibility index (Phi) is 5.36. The summed E-state index contributed by atoms with van der Waals surface area (Å²) in [4.78, 5) is 11.8. The summed E-state index contributed by atoms with van der Waals surface area (Å²) in [7, 11) is 0. The van der Waals surface area contributed by atoms with E-state index in [1.165, 1.54) is 4.57 Å². The largest absolute Gasteiger partial charge is 0.390 e. The van der Waals surface area contributed by atoms with Gasteiger partial charge in [-0.15, -0.1) is 0 Å². The molecule has 0 aliphatic rings. The second-order valence-corrected chi connectivity index (χ2v) is 5.43. The quantitative estimate of drug-likeness (QED) is 0.861. The molecule has 1 aromatic rings. The van der Waals surface area contributed by atoms with Gasteiger partial charge in [0.2, 0.25) is 0 Å². The van der Waals surface area contributed by atoms with Gasteiger partial charge in [-0.2, -0.15) is 0 Å². The van der Waals surface area contributed by atoms with Crippen LogP contribution in [0, 0.1) is 6.92 Å². The van der Waals surface area contributed by atoms with Crippen LogP contribution in [0.15, 0.2) is 21.5 Å². The van der Waals surface area contributed by atoms with Crippen molar-refractivity contribution in [1.82, 2.24) is 9.88 Å². The van der Waals surface area contributed by atoms with Crippen LogP contribution >= 0.6 is 15.9 Å². The Morgan fingerprint density at radius 2 is 2.18 bits per heavy atom. The van der Waals surface area contributed by atoms with Gasteiger partial charge < -0.3 is 15.0 Å². The molecule has 1 unspecified atom stereocenters. The molecule has 2 N–H and O–H groups in total. The van der Waals surface area contributed by atoms with E-state index in [1.807, 2.05) is 13.8 Å². The van der Waals surface area contributed by atoms with Crippen molar-refractivity contribution in [3.63, 3.8) is 0 Å². The lowest BCUT2D eigenvalue weighted by atomic mass is 10.2. The highest BCUT2D eigenvalue weighted by Crippen LogP contribution is 2.08. The predicted octanol–water partition coefficient (Wildman–Crippen LogP) is 1.28. The maximum absolute atomic E-state index is 11.8. The Morgan fingerprint density at radius 3 is 2.76 bits per heavy atom. The smallest absolute Gasteiger partial charge is 0.253 e. The number of aromatic nitrogens is 1. The molecule has 0 saturated carbocycles. The summed E-state index contributed by atoms with van der Waals surface area (Å²) < 4.78 is 2.38. The molecule has 5 heteroatoms. The molecule has 4 nitrogen and oxygen atoms in total. The maximum Gasteiger partial charge on any atom is 0.253 e. The van der Waals surface area contributed by atoms with E-state index in [0.717, 1.165) is 4.47 Å². The van der Waals surface area contributed by atoms with E-state index in [1.54, 1.807) is 19.2 Å². The molecule has 0 aromatic carbocycles. The average Bonchev–Trinajstić information content (AvgIpc) is 2.22. The van der Waals surface area contributed by atoms with E-state index in [9.17, 15) is 9.90 Å². The molecule has 0 aliphatic carbocycles. The van der Waals surface area contributed by atoms with Gasteiger partial charge in [0.15, 0.2) is 0 Å². The number of nitrogens with zero attached hydrogens (tertiary/aromatic N) is 1. The summed E-state index contributed by atoms with van der Waals surface area (Å²) in [6.45, 7) is 6.58. The summed E-state index contributed by atoms with van der Waals surface area (Å²) >= 11 is 3.34. The molecule has 1 heterocycles. The van der Waals surface area contributed by atoms with E-state index in [0.29, 0.717) is 24.7 Å². The van der Waals surface area contributed by atoms with Crippen LogP contribution in [0.25, 0.3) is 0 Å². The zero-order valence-electron chi connectivity index (χ0n) is 10.4. The standard InChI is InChI=1S/C12H19BrN2O2/c1-8(2)14-5-11(16)7-15-6-10(13)4-9(3)12(15)17/h4,6,8,11,14,16H,5,7H2,1-3H3. The number of halogens is 1. The van der Waals surface area contributed by atoms with Gasteiger partial charge >= 0.3 is 0 Å². The number of nitrogens with one attached hydrogen (secondary N) is 1. The van der Waals surface area contributed by atoms with E-state index in [4.69, 9.17) is 0 Å². The lowest BCUT2D eigenvalue weighted by Gasteiger charge is -2.16. The minimum atomic E-state index is -0.566. The Balaban J connectivity index is 2.71. The van der Waals surface area contributed by atoms with Crippen LogP contribution in [0.5, 0.6) is 0 Å². The SMILES string of the molecule is Cc1cc(Br)cn(CC(O)CNC(C)C)c1=O. The molecule has 0 saturated heterocycles. The molecule has 0 radical (unpaired) electrons. The monoisotopic (exact) mass is 302 g/mol. The molecule has 0 bridgehead atoms. The molecular formula is C12H19BrN2O2. The molecule has 1 atom stereocenters. The van der Waals surface area contributed by atoms with Gasteiger partial charge in [0.25, 0.3) is 5.56 Å². The first-order chi connectivity index (χ1) is 7.90. The average molecular weight is 303 g/mol. The summed E-state index contributed by atoms with van der Waals surface area (Å²) in [5.74, 6) is 0. The Hall–Kier alpha value is -0.650. The summed E-state index contributed by atoms with van der Waals surface area (Å²) in [5, 5.41) is 13.0. The number of pyridine rings is 1. The molecule has 1 aromatic heterocycles. The van der Waals surface area contributed by atoms with Gasteiger partial charge in [0, 0.05) is 28.8 Å². The number of aliphatic hydroxyl groups excluding tert-OH is 1. The number of hydrogen-bond donors (Lipinski definition) is 2. The number of aryl methyl sites for hydroxylation is 1. The molecule has 96 valence electrons. The Morgan fingerprint density at radius 1 is 1.53 bits per heavy atom. The third-order valence-corrected chi connectivity index (χ3v) is 2.83. The van der Waals surface area contributed by atoms with Crippen molar-refractivity contribution in [2.24, 2.45) is 0 Å². The van der Waals surface area contributed by atoms with Gasteiger partial charge in [0.1, 0.15) is 0 Å². The van der Waals surface area contributed by atoms with E-state index < -0.39 is 6.10 Å². The van der Waals surface area contributed by atoms with Crippen molar-refractivity contribution >= 4 is 15.9 Å². The van der Waals surface area contributed by atoms with Gasteiger partial charge in [-0.1, -0.05) is 13.8 Å². The predicted molar refractivity (Wildman–Crippen MR) is 72.3 cm³/mol. The van der Waals surface area contributed by atoms with Crippen LogP contribution in [-0.4, -0.2) is 28.4 Å². The van der Waals surface area contributed by atoms with Gasteiger partial charge in [-0.05, 0) is 28.9 Å². The van der Waals surface area contributed by atoms with Gasteiger partial charge in [0.05, 0.1) is 12.6 Å². The molecule has 17 heavy (non-hydrogen) atoms. The van der Waals surface area contributed by atoms with E-state index in [2.05, 4.69) is 21.2 Å². The highest BCUT2D eigenvalue weighted by molar-refractivity contribution is 9.10. The first-order valence-electron chi connectivity index (χ1n) is 5.68. The highest BCUT2D eigenvalue weighted by atomic mass is 79.9. The van der Waals surface area contributed by atoms with Crippen LogP contribution in [0.1, 0.15) is 19.4 Å². The normalized spacial score (nSPS) is 13.1. The van der Waals surface area contributed by atoms with Gasteiger partial charge in [-0.25, -0.2) is 0 Å². The van der Waals surface area contributed by atoms with Gasteiger partial charge in [-0.3, -0.25) is 4.79 Å². The minimum absolute atomic E-state index is 0.0585. The van der Waals surface area contributed by atoms with Crippen molar-refractivity contribution in [2.75, 3.05) is 6.54 Å². The summed E-state index contributed by atoms with van der Waals surface area (Å²) in [6, 6.07) is 2.10. The first kappa shape index (κ1) is 14.4. The lowest BCUT2D eigenvalue weighted by molar-refractivity contribution is 0.147.